The molecule has 1 aliphatic heterocycles. The Morgan fingerprint density at radius 2 is 2.15 bits per heavy atom. The van der Waals surface area contributed by atoms with Crippen LogP contribution in [0, 0.1) is 5.92 Å². The number of ether oxygens (including phenoxy) is 1. The number of carbonyl (C=O) groups excluding carboxylic acids is 1. The van der Waals surface area contributed by atoms with Gasteiger partial charge in [0.1, 0.15) is 6.04 Å². The lowest BCUT2D eigenvalue weighted by molar-refractivity contribution is -0.141. The molecule has 0 bridgehead atoms. The lowest BCUT2D eigenvalue weighted by Gasteiger charge is -2.22. The highest BCUT2D eigenvalue weighted by atomic mass is 32.2. The summed E-state index contributed by atoms with van der Waals surface area (Å²) >= 11 is 1.51. The molecule has 1 aliphatic rings. The quantitative estimate of drug-likeness (QED) is 0.716. The van der Waals surface area contributed by atoms with E-state index in [1.54, 1.807) is 0 Å². The highest BCUT2D eigenvalue weighted by Crippen LogP contribution is 2.17. The van der Waals surface area contributed by atoms with Crippen molar-refractivity contribution in [2.75, 3.05) is 18.1 Å². The number of amides is 1. The molecule has 0 aromatic heterocycles. The van der Waals surface area contributed by atoms with Gasteiger partial charge in [-0.25, -0.2) is 4.79 Å². The van der Waals surface area contributed by atoms with Crippen LogP contribution in [0.25, 0.3) is 0 Å². The van der Waals surface area contributed by atoms with Crippen LogP contribution in [0.3, 0.4) is 0 Å². The number of hydrogen-bond donors (Lipinski definition) is 2. The van der Waals surface area contributed by atoms with Crippen LogP contribution in [0.5, 0.6) is 0 Å². The van der Waals surface area contributed by atoms with Crippen LogP contribution in [0.1, 0.15) is 39.5 Å². The normalized spacial score (nSPS) is 20.6. The molecule has 2 unspecified atom stereocenters. The minimum Gasteiger partial charge on any atom is -0.480 e. The Labute approximate surface area is 124 Å². The number of nitrogens with one attached hydrogen (secondary N) is 1. The fourth-order valence-electron chi connectivity index (χ4n) is 2.15. The predicted molar refractivity (Wildman–Crippen MR) is 79.9 cm³/mol. The van der Waals surface area contributed by atoms with Gasteiger partial charge in [-0.1, -0.05) is 13.8 Å². The van der Waals surface area contributed by atoms with Crippen molar-refractivity contribution < 1.29 is 19.4 Å². The number of aliphatic carboxylic acids is 1. The zero-order chi connectivity index (χ0) is 15.0. The van der Waals surface area contributed by atoms with Gasteiger partial charge in [-0.15, -0.1) is 11.8 Å². The highest BCUT2D eigenvalue weighted by molar-refractivity contribution is 7.99. The second-order valence-corrected chi connectivity index (χ2v) is 6.62. The second-order valence-electron chi connectivity index (χ2n) is 5.59. The lowest BCUT2D eigenvalue weighted by atomic mass is 10.0. The van der Waals surface area contributed by atoms with Gasteiger partial charge in [0.25, 0.3) is 0 Å². The Balaban J connectivity index is 2.21. The molecule has 1 saturated heterocycles. The van der Waals surface area contributed by atoms with E-state index in [-0.39, 0.29) is 17.9 Å². The zero-order valence-corrected chi connectivity index (χ0v) is 13.1. The van der Waals surface area contributed by atoms with Gasteiger partial charge in [0.05, 0.1) is 11.9 Å². The summed E-state index contributed by atoms with van der Waals surface area (Å²) in [5, 5.41) is 11.6. The van der Waals surface area contributed by atoms with Crippen LogP contribution in [0.15, 0.2) is 0 Å². The smallest absolute Gasteiger partial charge is 0.326 e. The summed E-state index contributed by atoms with van der Waals surface area (Å²) in [5.41, 5.74) is 0. The van der Waals surface area contributed by atoms with Crippen molar-refractivity contribution in [1.29, 1.82) is 0 Å². The van der Waals surface area contributed by atoms with Crippen LogP contribution in [0.4, 0.5) is 0 Å². The number of thioether (sulfide) groups is 1. The van der Waals surface area contributed by atoms with Crippen LogP contribution in [-0.4, -0.2) is 47.2 Å². The van der Waals surface area contributed by atoms with Gasteiger partial charge in [0.2, 0.25) is 5.91 Å². The minimum absolute atomic E-state index is 0.209. The van der Waals surface area contributed by atoms with Crippen LogP contribution in [0.2, 0.25) is 0 Å². The fourth-order valence-corrected chi connectivity index (χ4v) is 3.06. The molecule has 1 heterocycles. The standard InChI is InChI=1S/C14H25NO4S/c1-10(2)7-12(14(17)18)15-13(16)9-20-8-11-5-3-4-6-19-11/h10-12H,3-9H2,1-2H3,(H,15,16)(H,17,18). The van der Waals surface area contributed by atoms with Crippen molar-refractivity contribution >= 4 is 23.6 Å². The van der Waals surface area contributed by atoms with E-state index in [0.717, 1.165) is 25.2 Å². The van der Waals surface area contributed by atoms with E-state index in [1.807, 2.05) is 13.8 Å². The van der Waals surface area contributed by atoms with Crippen molar-refractivity contribution in [3.8, 4) is 0 Å². The Hall–Kier alpha value is -0.750. The monoisotopic (exact) mass is 303 g/mol. The average Bonchev–Trinajstić information content (AvgIpc) is 2.38. The molecule has 5 nitrogen and oxygen atoms in total. The summed E-state index contributed by atoms with van der Waals surface area (Å²) in [4.78, 5) is 22.8. The first kappa shape index (κ1) is 17.3. The molecule has 2 N–H and O–H groups in total. The van der Waals surface area contributed by atoms with Crippen LogP contribution in [-0.2, 0) is 14.3 Å². The molecule has 0 aromatic carbocycles. The number of hydrogen-bond acceptors (Lipinski definition) is 4. The van der Waals surface area contributed by atoms with E-state index in [1.165, 1.54) is 18.2 Å². The van der Waals surface area contributed by atoms with Gasteiger partial charge >= 0.3 is 5.97 Å². The van der Waals surface area contributed by atoms with Crippen LogP contribution >= 0.6 is 11.8 Å². The summed E-state index contributed by atoms with van der Waals surface area (Å²) in [7, 11) is 0. The largest absolute Gasteiger partial charge is 0.480 e. The maximum Gasteiger partial charge on any atom is 0.326 e. The van der Waals surface area contributed by atoms with Crippen LogP contribution < -0.4 is 5.32 Å². The van der Waals surface area contributed by atoms with Gasteiger partial charge < -0.3 is 15.2 Å². The summed E-state index contributed by atoms with van der Waals surface area (Å²) in [6, 6.07) is -0.783. The molecule has 6 heteroatoms. The maximum absolute atomic E-state index is 11.7. The van der Waals surface area contributed by atoms with Gasteiger partial charge in [0, 0.05) is 12.4 Å². The number of carboxylic acids is 1. The maximum atomic E-state index is 11.7. The van der Waals surface area contributed by atoms with Gasteiger partial charge in [-0.3, -0.25) is 4.79 Å². The number of carbonyl (C=O) groups is 2. The molecule has 1 amide bonds. The van der Waals surface area contributed by atoms with E-state index < -0.39 is 12.0 Å². The van der Waals surface area contributed by atoms with E-state index in [0.29, 0.717) is 12.2 Å². The molecule has 0 aromatic rings. The molecular formula is C14H25NO4S. The van der Waals surface area contributed by atoms with E-state index in [2.05, 4.69) is 5.32 Å². The van der Waals surface area contributed by atoms with E-state index in [4.69, 9.17) is 9.84 Å². The Morgan fingerprint density at radius 1 is 1.40 bits per heavy atom. The summed E-state index contributed by atoms with van der Waals surface area (Å²) in [6.07, 6.45) is 4.06. The molecule has 0 spiro atoms. The van der Waals surface area contributed by atoms with Crippen molar-refractivity contribution in [2.24, 2.45) is 5.92 Å². The molecule has 116 valence electrons. The van der Waals surface area contributed by atoms with Crippen molar-refractivity contribution in [3.63, 3.8) is 0 Å². The third-order valence-electron chi connectivity index (χ3n) is 3.15. The third kappa shape index (κ3) is 7.14. The molecule has 0 aliphatic carbocycles. The highest BCUT2D eigenvalue weighted by Gasteiger charge is 2.21. The number of carboxylic acid groups (broad SMARTS) is 1. The molecule has 2 atom stereocenters. The Kier molecular flexibility index (Phi) is 7.99. The number of rotatable bonds is 8. The van der Waals surface area contributed by atoms with Gasteiger partial charge in [-0.2, -0.15) is 0 Å². The molecular weight excluding hydrogens is 278 g/mol. The second kappa shape index (κ2) is 9.23. The molecule has 0 saturated carbocycles. The van der Waals surface area contributed by atoms with Gasteiger partial charge in [0.15, 0.2) is 0 Å². The topological polar surface area (TPSA) is 75.6 Å². The Bertz CT molecular complexity index is 316. The average molecular weight is 303 g/mol. The molecule has 0 radical (unpaired) electrons. The van der Waals surface area contributed by atoms with E-state index >= 15 is 0 Å². The third-order valence-corrected chi connectivity index (χ3v) is 4.23. The predicted octanol–water partition coefficient (Wildman–Crippen LogP) is 1.90. The fraction of sp³-hybridized carbons (Fsp3) is 0.857. The summed E-state index contributed by atoms with van der Waals surface area (Å²) < 4.78 is 5.59. The first-order chi connectivity index (χ1) is 9.49. The van der Waals surface area contributed by atoms with Crippen molar-refractivity contribution in [2.45, 2.75) is 51.7 Å². The SMILES string of the molecule is CC(C)CC(NC(=O)CSCC1CCCCO1)C(=O)O. The first-order valence-corrected chi connectivity index (χ1v) is 8.36. The molecule has 20 heavy (non-hydrogen) atoms. The zero-order valence-electron chi connectivity index (χ0n) is 12.3. The molecule has 1 rings (SSSR count). The Morgan fingerprint density at radius 3 is 2.70 bits per heavy atom. The summed E-state index contributed by atoms with van der Waals surface area (Å²) in [5.74, 6) is 0.156. The van der Waals surface area contributed by atoms with Crippen molar-refractivity contribution in [1.82, 2.24) is 5.32 Å². The lowest BCUT2D eigenvalue weighted by Crippen LogP contribution is -2.42. The summed E-state index contributed by atoms with van der Waals surface area (Å²) in [6.45, 7) is 4.70. The molecule has 1 fully saturated rings. The van der Waals surface area contributed by atoms with Crippen molar-refractivity contribution in [3.05, 3.63) is 0 Å². The van der Waals surface area contributed by atoms with E-state index in [9.17, 15) is 9.59 Å². The first-order valence-electron chi connectivity index (χ1n) is 7.20. The minimum atomic E-state index is -0.965. The van der Waals surface area contributed by atoms with Gasteiger partial charge in [-0.05, 0) is 31.6 Å².